The fourth-order valence-corrected chi connectivity index (χ4v) is 0.921. The van der Waals surface area contributed by atoms with E-state index >= 15 is 0 Å². The monoisotopic (exact) mass is 189 g/mol. The van der Waals surface area contributed by atoms with E-state index in [9.17, 15) is 4.79 Å². The lowest BCUT2D eigenvalue weighted by molar-refractivity contribution is 0.0949. The van der Waals surface area contributed by atoms with Crippen molar-refractivity contribution in [2.75, 3.05) is 6.54 Å². The van der Waals surface area contributed by atoms with Crippen molar-refractivity contribution in [2.45, 2.75) is 13.3 Å². The van der Waals surface area contributed by atoms with Crippen LogP contribution in [0.3, 0.4) is 0 Å². The Bertz CT molecular complexity index is 368. The van der Waals surface area contributed by atoms with Crippen LogP contribution in [0, 0.1) is 19.3 Å². The number of rotatable bonds is 3. The Morgan fingerprint density at radius 2 is 2.50 bits per heavy atom. The maximum absolute atomic E-state index is 11.4. The molecule has 1 rings (SSSR count). The number of aryl methyl sites for hydroxylation is 1. The van der Waals surface area contributed by atoms with Gasteiger partial charge < -0.3 is 5.32 Å². The predicted octanol–water partition coefficient (Wildman–Crippen LogP) is 0.538. The molecule has 0 aliphatic rings. The number of amides is 1. The van der Waals surface area contributed by atoms with Gasteiger partial charge in [0.25, 0.3) is 5.91 Å². The van der Waals surface area contributed by atoms with Gasteiger partial charge in [-0.05, 0) is 13.0 Å². The molecule has 0 aliphatic carbocycles. The Kier molecular flexibility index (Phi) is 3.62. The van der Waals surface area contributed by atoms with E-state index in [1.165, 1.54) is 0 Å². The minimum Gasteiger partial charge on any atom is -0.350 e. The Balaban J connectivity index is 2.57. The van der Waals surface area contributed by atoms with Gasteiger partial charge in [-0.3, -0.25) is 4.79 Å². The summed E-state index contributed by atoms with van der Waals surface area (Å²) < 4.78 is 0. The molecule has 1 heterocycles. The first-order chi connectivity index (χ1) is 6.74. The number of hydrogen-bond donors (Lipinski definition) is 1. The summed E-state index contributed by atoms with van der Waals surface area (Å²) in [5, 5.41) is 2.66. The van der Waals surface area contributed by atoms with Gasteiger partial charge in [0, 0.05) is 19.2 Å². The SMILES string of the molecule is C#CCCNC(=O)c1ccnc(C)n1. The van der Waals surface area contributed by atoms with Crippen LogP contribution in [0.15, 0.2) is 12.3 Å². The Morgan fingerprint density at radius 1 is 1.71 bits per heavy atom. The van der Waals surface area contributed by atoms with Gasteiger partial charge in [-0.2, -0.15) is 0 Å². The van der Waals surface area contributed by atoms with Crippen molar-refractivity contribution < 1.29 is 4.79 Å². The molecule has 0 saturated heterocycles. The second-order valence-electron chi connectivity index (χ2n) is 2.70. The molecule has 1 amide bonds. The van der Waals surface area contributed by atoms with E-state index in [1.54, 1.807) is 19.2 Å². The summed E-state index contributed by atoms with van der Waals surface area (Å²) in [5.74, 6) is 2.80. The molecule has 72 valence electrons. The van der Waals surface area contributed by atoms with E-state index in [-0.39, 0.29) is 5.91 Å². The predicted molar refractivity (Wildman–Crippen MR) is 52.6 cm³/mol. The standard InChI is InChI=1S/C10H11N3O/c1-3-4-6-12-10(14)9-5-7-11-8(2)13-9/h1,5,7H,4,6H2,2H3,(H,12,14). The van der Waals surface area contributed by atoms with Crippen molar-refractivity contribution in [3.63, 3.8) is 0 Å². The summed E-state index contributed by atoms with van der Waals surface area (Å²) in [6, 6.07) is 1.57. The fraction of sp³-hybridized carbons (Fsp3) is 0.300. The molecular formula is C10H11N3O. The van der Waals surface area contributed by atoms with Crippen molar-refractivity contribution in [1.82, 2.24) is 15.3 Å². The molecular weight excluding hydrogens is 178 g/mol. The molecule has 0 spiro atoms. The zero-order valence-corrected chi connectivity index (χ0v) is 7.95. The van der Waals surface area contributed by atoms with Crippen LogP contribution >= 0.6 is 0 Å². The summed E-state index contributed by atoms with van der Waals surface area (Å²) in [4.78, 5) is 19.3. The summed E-state index contributed by atoms with van der Waals surface area (Å²) in [7, 11) is 0. The number of terminal acetylenes is 1. The lowest BCUT2D eigenvalue weighted by Crippen LogP contribution is -2.25. The van der Waals surface area contributed by atoms with Gasteiger partial charge in [-0.25, -0.2) is 9.97 Å². The van der Waals surface area contributed by atoms with E-state index in [0.717, 1.165) is 0 Å². The van der Waals surface area contributed by atoms with Crippen LogP contribution in [0.4, 0.5) is 0 Å². The topological polar surface area (TPSA) is 54.9 Å². The first kappa shape index (κ1) is 10.2. The van der Waals surface area contributed by atoms with Crippen molar-refractivity contribution in [3.05, 3.63) is 23.8 Å². The summed E-state index contributed by atoms with van der Waals surface area (Å²) in [6.45, 7) is 2.20. The summed E-state index contributed by atoms with van der Waals surface area (Å²) >= 11 is 0. The lowest BCUT2D eigenvalue weighted by atomic mass is 10.3. The van der Waals surface area contributed by atoms with E-state index in [1.807, 2.05) is 0 Å². The fourth-order valence-electron chi connectivity index (χ4n) is 0.921. The lowest BCUT2D eigenvalue weighted by Gasteiger charge is -2.01. The molecule has 0 aromatic carbocycles. The highest BCUT2D eigenvalue weighted by Gasteiger charge is 2.05. The average molecular weight is 189 g/mol. The number of nitrogens with one attached hydrogen (secondary N) is 1. The zero-order chi connectivity index (χ0) is 10.4. The van der Waals surface area contributed by atoms with Crippen LogP contribution in [-0.4, -0.2) is 22.4 Å². The molecule has 0 radical (unpaired) electrons. The second kappa shape index (κ2) is 4.97. The van der Waals surface area contributed by atoms with Gasteiger partial charge in [0.1, 0.15) is 11.5 Å². The Labute approximate surface area is 82.8 Å². The van der Waals surface area contributed by atoms with Crippen LogP contribution in [0.2, 0.25) is 0 Å². The van der Waals surface area contributed by atoms with Crippen LogP contribution in [0.1, 0.15) is 22.7 Å². The van der Waals surface area contributed by atoms with Gasteiger partial charge in [-0.15, -0.1) is 12.3 Å². The number of nitrogens with zero attached hydrogens (tertiary/aromatic N) is 2. The summed E-state index contributed by atoms with van der Waals surface area (Å²) in [5.41, 5.74) is 0.370. The molecule has 1 N–H and O–H groups in total. The van der Waals surface area contributed by atoms with E-state index in [0.29, 0.717) is 24.5 Å². The number of carbonyl (C=O) groups is 1. The highest BCUT2D eigenvalue weighted by Crippen LogP contribution is 1.94. The maximum atomic E-state index is 11.4. The average Bonchev–Trinajstić information content (AvgIpc) is 2.18. The minimum atomic E-state index is -0.217. The quantitative estimate of drug-likeness (QED) is 0.557. The van der Waals surface area contributed by atoms with Crippen LogP contribution in [0.25, 0.3) is 0 Å². The zero-order valence-electron chi connectivity index (χ0n) is 7.95. The van der Waals surface area contributed by atoms with Crippen molar-refractivity contribution in [1.29, 1.82) is 0 Å². The molecule has 0 aliphatic heterocycles. The van der Waals surface area contributed by atoms with Gasteiger partial charge >= 0.3 is 0 Å². The maximum Gasteiger partial charge on any atom is 0.270 e. The first-order valence-electron chi connectivity index (χ1n) is 4.25. The highest BCUT2D eigenvalue weighted by atomic mass is 16.1. The molecule has 0 saturated carbocycles. The summed E-state index contributed by atoms with van der Waals surface area (Å²) in [6.07, 6.45) is 7.13. The number of hydrogen-bond acceptors (Lipinski definition) is 3. The van der Waals surface area contributed by atoms with Crippen molar-refractivity contribution in [2.24, 2.45) is 0 Å². The van der Waals surface area contributed by atoms with Crippen LogP contribution in [0.5, 0.6) is 0 Å². The third kappa shape index (κ3) is 2.87. The smallest absolute Gasteiger partial charge is 0.270 e. The molecule has 1 aromatic heterocycles. The first-order valence-corrected chi connectivity index (χ1v) is 4.25. The van der Waals surface area contributed by atoms with Gasteiger partial charge in [0.15, 0.2) is 0 Å². The highest BCUT2D eigenvalue weighted by molar-refractivity contribution is 5.92. The third-order valence-corrected chi connectivity index (χ3v) is 1.56. The van der Waals surface area contributed by atoms with Gasteiger partial charge in [-0.1, -0.05) is 0 Å². The van der Waals surface area contributed by atoms with Crippen molar-refractivity contribution >= 4 is 5.91 Å². The molecule has 0 atom stereocenters. The number of aromatic nitrogens is 2. The van der Waals surface area contributed by atoms with Crippen LogP contribution in [-0.2, 0) is 0 Å². The minimum absolute atomic E-state index is 0.217. The molecule has 14 heavy (non-hydrogen) atoms. The molecule has 4 heteroatoms. The van der Waals surface area contributed by atoms with E-state index in [2.05, 4.69) is 21.2 Å². The normalized spacial score (nSPS) is 9.14. The van der Waals surface area contributed by atoms with Crippen molar-refractivity contribution in [3.8, 4) is 12.3 Å². The van der Waals surface area contributed by atoms with E-state index in [4.69, 9.17) is 6.42 Å². The van der Waals surface area contributed by atoms with Crippen LogP contribution < -0.4 is 5.32 Å². The van der Waals surface area contributed by atoms with Gasteiger partial charge in [0.2, 0.25) is 0 Å². The third-order valence-electron chi connectivity index (χ3n) is 1.56. The Hall–Kier alpha value is -1.89. The second-order valence-corrected chi connectivity index (χ2v) is 2.70. The number of carbonyl (C=O) groups excluding carboxylic acids is 1. The van der Waals surface area contributed by atoms with E-state index < -0.39 is 0 Å². The molecule has 0 fully saturated rings. The molecule has 4 nitrogen and oxygen atoms in total. The largest absolute Gasteiger partial charge is 0.350 e. The molecule has 1 aromatic rings. The molecule has 0 unspecified atom stereocenters. The molecule has 0 bridgehead atoms. The Morgan fingerprint density at radius 3 is 3.14 bits per heavy atom. The van der Waals surface area contributed by atoms with Gasteiger partial charge in [0.05, 0.1) is 0 Å².